The standard InChI is InChI=1S/C4H11BrSi.Mg.2H/c1-6(2,3)4-5;;;/h4H2,1-3H3;;;/q;+2;2*-1. The molecule has 0 unspecified atom stereocenters. The van der Waals surface area contributed by atoms with Gasteiger partial charge in [0.1, 0.15) is 0 Å². The monoisotopic (exact) mass is 192 g/mol. The van der Waals surface area contributed by atoms with Crippen LogP contribution in [0.4, 0.5) is 0 Å². The predicted molar refractivity (Wildman–Crippen MR) is 45.1 cm³/mol. The molecule has 0 N–H and O–H groups in total. The molecule has 0 spiro atoms. The van der Waals surface area contributed by atoms with Gasteiger partial charge < -0.3 is 2.85 Å². The first kappa shape index (κ1) is 11.3. The quantitative estimate of drug-likeness (QED) is 0.442. The summed E-state index contributed by atoms with van der Waals surface area (Å²) in [7, 11) is -0.715. The molecule has 0 bridgehead atoms. The van der Waals surface area contributed by atoms with Crippen LogP contribution in [-0.2, 0) is 0 Å². The zero-order valence-electron chi connectivity index (χ0n) is 7.29. The van der Waals surface area contributed by atoms with E-state index in [2.05, 4.69) is 35.6 Å². The van der Waals surface area contributed by atoms with E-state index in [0.717, 1.165) is 0 Å². The molecule has 0 heterocycles. The molecule has 0 atom stereocenters. The van der Waals surface area contributed by atoms with Crippen LogP contribution < -0.4 is 0 Å². The van der Waals surface area contributed by atoms with E-state index < -0.39 is 8.07 Å². The van der Waals surface area contributed by atoms with Crippen LogP contribution in [0.25, 0.3) is 0 Å². The van der Waals surface area contributed by atoms with Gasteiger partial charge in [-0.05, 0) is 4.95 Å². The van der Waals surface area contributed by atoms with Crippen LogP contribution in [0.3, 0.4) is 0 Å². The Bertz CT molecular complexity index is 48.3. The van der Waals surface area contributed by atoms with Crippen molar-refractivity contribution in [2.24, 2.45) is 0 Å². The molecule has 0 aromatic carbocycles. The summed E-state index contributed by atoms with van der Waals surface area (Å²) < 4.78 is 0. The summed E-state index contributed by atoms with van der Waals surface area (Å²) in [4.78, 5) is 1.22. The molecule has 7 heavy (non-hydrogen) atoms. The molecule has 0 nitrogen and oxygen atoms in total. The van der Waals surface area contributed by atoms with E-state index >= 15 is 0 Å². The van der Waals surface area contributed by atoms with Crippen LogP contribution in [0, 0.1) is 0 Å². The molecule has 0 aliphatic carbocycles. The van der Waals surface area contributed by atoms with Crippen LogP contribution in [0.2, 0.25) is 19.6 Å². The fourth-order valence-electron chi connectivity index (χ4n) is 0. The average Bonchev–Trinajstić information content (AvgIpc) is 1.35. The molecule has 42 valence electrons. The Kier molecular flexibility index (Phi) is 7.02. The molecule has 0 rings (SSSR count). The van der Waals surface area contributed by atoms with Crippen LogP contribution in [0.5, 0.6) is 0 Å². The third-order valence-corrected chi connectivity index (χ3v) is 6.25. The second-order valence-electron chi connectivity index (χ2n) is 2.69. The normalized spacial score (nSPS) is 10.3. The summed E-state index contributed by atoms with van der Waals surface area (Å²) in [5, 5.41) is 0. The molecular weight excluding hydrogens is 180 g/mol. The summed E-state index contributed by atoms with van der Waals surface area (Å²) in [6, 6.07) is 0. The van der Waals surface area contributed by atoms with E-state index in [0.29, 0.717) is 0 Å². The number of hydrogen-bond acceptors (Lipinski definition) is 0. The van der Waals surface area contributed by atoms with E-state index in [9.17, 15) is 0 Å². The molecule has 0 amide bonds. The van der Waals surface area contributed by atoms with Crippen LogP contribution in [-0.4, -0.2) is 36.1 Å². The molecule has 0 fully saturated rings. The molecule has 0 aliphatic heterocycles. The van der Waals surface area contributed by atoms with E-state index in [4.69, 9.17) is 0 Å². The Morgan fingerprint density at radius 1 is 1.43 bits per heavy atom. The summed E-state index contributed by atoms with van der Waals surface area (Å²) >= 11 is 3.43. The van der Waals surface area contributed by atoms with Crippen molar-refractivity contribution in [3.8, 4) is 0 Å². The van der Waals surface area contributed by atoms with Gasteiger partial charge in [0.05, 0.1) is 8.07 Å². The number of hydrogen-bond donors (Lipinski definition) is 0. The minimum atomic E-state index is -0.715. The first-order chi connectivity index (χ1) is 2.56. The van der Waals surface area contributed by atoms with Crippen molar-refractivity contribution in [1.82, 2.24) is 0 Å². The molecule has 3 heteroatoms. The largest absolute Gasteiger partial charge is 2.00 e. The van der Waals surface area contributed by atoms with Gasteiger partial charge >= 0.3 is 23.1 Å². The Morgan fingerprint density at radius 2 is 1.57 bits per heavy atom. The average molecular weight is 193 g/mol. The summed E-state index contributed by atoms with van der Waals surface area (Å²) in [5.41, 5.74) is 0. The van der Waals surface area contributed by atoms with Crippen LogP contribution >= 0.6 is 15.9 Å². The van der Waals surface area contributed by atoms with Crippen molar-refractivity contribution in [1.29, 1.82) is 0 Å². The maximum atomic E-state index is 3.43. The Hall–Kier alpha value is 1.46. The first-order valence-electron chi connectivity index (χ1n) is 2.12. The maximum Gasteiger partial charge on any atom is 2.00 e. The number of halogens is 1. The van der Waals surface area contributed by atoms with Gasteiger partial charge in [0, 0.05) is 0 Å². The summed E-state index contributed by atoms with van der Waals surface area (Å²) in [5.74, 6) is 0. The smallest absolute Gasteiger partial charge is 1.00 e. The molecule has 0 saturated heterocycles. The molecule has 0 aromatic rings. The molecule has 0 saturated carbocycles. The van der Waals surface area contributed by atoms with E-state index in [1.54, 1.807) is 0 Å². The van der Waals surface area contributed by atoms with Gasteiger partial charge in [-0.2, -0.15) is 0 Å². The molecular formula is C4H13BrMgSi. The van der Waals surface area contributed by atoms with E-state index in [1.807, 2.05) is 0 Å². The van der Waals surface area contributed by atoms with Gasteiger partial charge in [-0.15, -0.1) is 0 Å². The Morgan fingerprint density at radius 3 is 1.57 bits per heavy atom. The third-order valence-electron chi connectivity index (χ3n) is 0.401. The maximum absolute atomic E-state index is 3.43. The van der Waals surface area contributed by atoms with Gasteiger partial charge in [-0.25, -0.2) is 0 Å². The zero-order chi connectivity index (χ0) is 5.21. The van der Waals surface area contributed by atoms with Crippen molar-refractivity contribution in [3.05, 3.63) is 0 Å². The van der Waals surface area contributed by atoms with Crippen molar-refractivity contribution >= 4 is 47.1 Å². The van der Waals surface area contributed by atoms with Crippen molar-refractivity contribution in [2.75, 3.05) is 4.95 Å². The van der Waals surface area contributed by atoms with Crippen LogP contribution in [0.1, 0.15) is 2.85 Å². The Balaban J connectivity index is -0.0000000417. The topological polar surface area (TPSA) is 0 Å². The summed E-state index contributed by atoms with van der Waals surface area (Å²) in [6.07, 6.45) is 0. The minimum Gasteiger partial charge on any atom is -1.00 e. The Labute approximate surface area is 74.3 Å². The zero-order valence-corrected chi connectivity index (χ0v) is 9.29. The second kappa shape index (κ2) is 4.35. The minimum absolute atomic E-state index is 0. The second-order valence-corrected chi connectivity index (χ2v) is 9.77. The van der Waals surface area contributed by atoms with Crippen molar-refractivity contribution in [3.63, 3.8) is 0 Å². The molecule has 0 aromatic heterocycles. The van der Waals surface area contributed by atoms with Crippen molar-refractivity contribution in [2.45, 2.75) is 19.6 Å². The predicted octanol–water partition coefficient (Wildman–Crippen LogP) is 2.10. The molecule has 0 radical (unpaired) electrons. The summed E-state index contributed by atoms with van der Waals surface area (Å²) in [6.45, 7) is 7.01. The number of rotatable bonds is 1. The van der Waals surface area contributed by atoms with Gasteiger partial charge in [0.2, 0.25) is 0 Å². The first-order valence-corrected chi connectivity index (χ1v) is 6.95. The van der Waals surface area contributed by atoms with Crippen LogP contribution in [0.15, 0.2) is 0 Å². The fraction of sp³-hybridized carbons (Fsp3) is 1.00. The van der Waals surface area contributed by atoms with Crippen molar-refractivity contribution < 1.29 is 2.85 Å². The van der Waals surface area contributed by atoms with Gasteiger partial charge in [-0.1, -0.05) is 35.6 Å². The van der Waals surface area contributed by atoms with E-state index in [-0.39, 0.29) is 25.9 Å². The SMILES string of the molecule is C[Si](C)(C)CBr.[H-].[H-].[Mg+2]. The van der Waals surface area contributed by atoms with Gasteiger partial charge in [-0.3, -0.25) is 0 Å². The molecule has 0 aliphatic rings. The fourth-order valence-corrected chi connectivity index (χ4v) is 0. The van der Waals surface area contributed by atoms with Gasteiger partial charge in [0.15, 0.2) is 0 Å². The third kappa shape index (κ3) is 11.2. The van der Waals surface area contributed by atoms with Gasteiger partial charge in [0.25, 0.3) is 0 Å². The number of alkyl halides is 1. The van der Waals surface area contributed by atoms with E-state index in [1.165, 1.54) is 4.95 Å².